The monoisotopic (exact) mass is 181 g/mol. The van der Waals surface area contributed by atoms with Gasteiger partial charge in [0.05, 0.1) is 12.1 Å². The third kappa shape index (κ3) is 3.02. The van der Waals surface area contributed by atoms with Gasteiger partial charge in [0.15, 0.2) is 0 Å². The molecule has 1 fully saturated rings. The molecule has 1 rings (SSSR count). The number of nitrogens with one attached hydrogen (secondary N) is 1. The van der Waals surface area contributed by atoms with E-state index in [1.54, 1.807) is 0 Å². The summed E-state index contributed by atoms with van der Waals surface area (Å²) in [5.41, 5.74) is 0.0600. The summed E-state index contributed by atoms with van der Waals surface area (Å²) in [5, 5.41) is 3.34. The SMILES string of the molecule is C#CCNC1CCOC(C)(CC)C1. The van der Waals surface area contributed by atoms with E-state index in [0.717, 1.165) is 25.9 Å². The van der Waals surface area contributed by atoms with E-state index in [0.29, 0.717) is 12.6 Å². The lowest BCUT2D eigenvalue weighted by atomic mass is 9.90. The van der Waals surface area contributed by atoms with Crippen molar-refractivity contribution >= 4 is 0 Å². The van der Waals surface area contributed by atoms with Gasteiger partial charge in [0, 0.05) is 12.6 Å². The van der Waals surface area contributed by atoms with Gasteiger partial charge >= 0.3 is 0 Å². The van der Waals surface area contributed by atoms with Gasteiger partial charge in [-0.25, -0.2) is 0 Å². The summed E-state index contributed by atoms with van der Waals surface area (Å²) in [6, 6.07) is 0.537. The highest BCUT2D eigenvalue weighted by molar-refractivity contribution is 4.91. The van der Waals surface area contributed by atoms with Gasteiger partial charge in [-0.1, -0.05) is 12.8 Å². The lowest BCUT2D eigenvalue weighted by Crippen LogP contribution is -2.45. The molecule has 0 aromatic carbocycles. The zero-order chi connectivity index (χ0) is 9.73. The Kier molecular flexibility index (Phi) is 3.77. The summed E-state index contributed by atoms with van der Waals surface area (Å²) in [6.07, 6.45) is 8.43. The average molecular weight is 181 g/mol. The molecule has 0 spiro atoms. The Balaban J connectivity index is 2.38. The van der Waals surface area contributed by atoms with Crippen LogP contribution in [-0.2, 0) is 4.74 Å². The van der Waals surface area contributed by atoms with Crippen LogP contribution in [0.25, 0.3) is 0 Å². The molecule has 1 saturated heterocycles. The molecule has 0 amide bonds. The second-order valence-corrected chi connectivity index (χ2v) is 3.93. The van der Waals surface area contributed by atoms with Crippen molar-refractivity contribution in [1.29, 1.82) is 0 Å². The molecule has 0 aromatic rings. The third-order valence-corrected chi connectivity index (χ3v) is 2.84. The lowest BCUT2D eigenvalue weighted by molar-refractivity contribution is -0.0774. The molecule has 0 aromatic heterocycles. The van der Waals surface area contributed by atoms with Gasteiger partial charge in [0.2, 0.25) is 0 Å². The predicted octanol–water partition coefficient (Wildman–Crippen LogP) is 1.56. The van der Waals surface area contributed by atoms with E-state index < -0.39 is 0 Å². The summed E-state index contributed by atoms with van der Waals surface area (Å²) >= 11 is 0. The number of hydrogen-bond donors (Lipinski definition) is 1. The summed E-state index contributed by atoms with van der Waals surface area (Å²) < 4.78 is 5.73. The van der Waals surface area contributed by atoms with E-state index >= 15 is 0 Å². The maximum atomic E-state index is 5.73. The topological polar surface area (TPSA) is 21.3 Å². The van der Waals surface area contributed by atoms with E-state index in [2.05, 4.69) is 25.1 Å². The van der Waals surface area contributed by atoms with Crippen LogP contribution < -0.4 is 5.32 Å². The fourth-order valence-electron chi connectivity index (χ4n) is 1.75. The number of rotatable bonds is 3. The van der Waals surface area contributed by atoms with Crippen LogP contribution in [0.2, 0.25) is 0 Å². The first-order valence-corrected chi connectivity index (χ1v) is 5.01. The van der Waals surface area contributed by atoms with Crippen LogP contribution in [0.15, 0.2) is 0 Å². The van der Waals surface area contributed by atoms with Crippen LogP contribution in [0.4, 0.5) is 0 Å². The Labute approximate surface area is 81.0 Å². The molecule has 1 heterocycles. The molecule has 0 bridgehead atoms. The van der Waals surface area contributed by atoms with Gasteiger partial charge in [-0.05, 0) is 26.2 Å². The zero-order valence-electron chi connectivity index (χ0n) is 8.60. The molecule has 2 atom stereocenters. The Morgan fingerprint density at radius 3 is 3.08 bits per heavy atom. The zero-order valence-corrected chi connectivity index (χ0v) is 8.60. The van der Waals surface area contributed by atoms with Crippen molar-refractivity contribution < 1.29 is 4.74 Å². The van der Waals surface area contributed by atoms with Gasteiger partial charge in [0.1, 0.15) is 0 Å². The van der Waals surface area contributed by atoms with Crippen molar-refractivity contribution in [2.75, 3.05) is 13.2 Å². The third-order valence-electron chi connectivity index (χ3n) is 2.84. The fourth-order valence-corrected chi connectivity index (χ4v) is 1.75. The van der Waals surface area contributed by atoms with Crippen LogP contribution in [0.3, 0.4) is 0 Å². The molecular weight excluding hydrogens is 162 g/mol. The second-order valence-electron chi connectivity index (χ2n) is 3.93. The first kappa shape index (κ1) is 10.6. The first-order chi connectivity index (χ1) is 6.20. The molecule has 2 unspecified atom stereocenters. The standard InChI is InChI=1S/C11H19NO/c1-4-7-12-10-6-8-13-11(3,5-2)9-10/h1,10,12H,5-9H2,2-3H3. The molecule has 2 nitrogen and oxygen atoms in total. The first-order valence-electron chi connectivity index (χ1n) is 5.01. The van der Waals surface area contributed by atoms with Crippen molar-refractivity contribution in [1.82, 2.24) is 5.32 Å². The highest BCUT2D eigenvalue weighted by Gasteiger charge is 2.30. The molecule has 0 aliphatic carbocycles. The summed E-state index contributed by atoms with van der Waals surface area (Å²) in [6.45, 7) is 5.87. The minimum absolute atomic E-state index is 0.0600. The van der Waals surface area contributed by atoms with Crippen molar-refractivity contribution in [2.24, 2.45) is 0 Å². The van der Waals surface area contributed by atoms with E-state index in [-0.39, 0.29) is 5.60 Å². The minimum atomic E-state index is 0.0600. The molecule has 74 valence electrons. The van der Waals surface area contributed by atoms with E-state index in [1.165, 1.54) is 0 Å². The van der Waals surface area contributed by atoms with Crippen molar-refractivity contribution in [3.05, 3.63) is 0 Å². The summed E-state index contributed by atoms with van der Waals surface area (Å²) in [5.74, 6) is 2.61. The quantitative estimate of drug-likeness (QED) is 0.667. The highest BCUT2D eigenvalue weighted by Crippen LogP contribution is 2.27. The van der Waals surface area contributed by atoms with Gasteiger partial charge in [-0.15, -0.1) is 6.42 Å². The second kappa shape index (κ2) is 4.64. The van der Waals surface area contributed by atoms with Crippen molar-refractivity contribution in [3.8, 4) is 12.3 Å². The van der Waals surface area contributed by atoms with Gasteiger partial charge < -0.3 is 10.1 Å². The van der Waals surface area contributed by atoms with Crippen molar-refractivity contribution in [3.63, 3.8) is 0 Å². The van der Waals surface area contributed by atoms with Crippen LogP contribution in [0.1, 0.15) is 33.1 Å². The van der Waals surface area contributed by atoms with Crippen LogP contribution in [-0.4, -0.2) is 24.8 Å². The summed E-state index contributed by atoms with van der Waals surface area (Å²) in [7, 11) is 0. The fraction of sp³-hybridized carbons (Fsp3) is 0.818. The van der Waals surface area contributed by atoms with E-state index in [1.807, 2.05) is 0 Å². The Morgan fingerprint density at radius 2 is 2.46 bits per heavy atom. The normalized spacial score (nSPS) is 34.1. The molecule has 2 heteroatoms. The maximum absolute atomic E-state index is 5.73. The predicted molar refractivity (Wildman–Crippen MR) is 54.5 cm³/mol. The van der Waals surface area contributed by atoms with Gasteiger partial charge in [-0.2, -0.15) is 0 Å². The van der Waals surface area contributed by atoms with Crippen LogP contribution in [0, 0.1) is 12.3 Å². The molecule has 0 radical (unpaired) electrons. The van der Waals surface area contributed by atoms with Gasteiger partial charge in [0.25, 0.3) is 0 Å². The molecule has 1 aliphatic rings. The van der Waals surface area contributed by atoms with E-state index in [9.17, 15) is 0 Å². The maximum Gasteiger partial charge on any atom is 0.0666 e. The van der Waals surface area contributed by atoms with Crippen LogP contribution >= 0.6 is 0 Å². The molecule has 1 N–H and O–H groups in total. The van der Waals surface area contributed by atoms with Crippen molar-refractivity contribution in [2.45, 2.75) is 44.8 Å². The smallest absolute Gasteiger partial charge is 0.0666 e. The number of hydrogen-bond acceptors (Lipinski definition) is 2. The van der Waals surface area contributed by atoms with E-state index in [4.69, 9.17) is 11.2 Å². The molecule has 13 heavy (non-hydrogen) atoms. The Morgan fingerprint density at radius 1 is 1.69 bits per heavy atom. The average Bonchev–Trinajstić information content (AvgIpc) is 2.15. The van der Waals surface area contributed by atoms with Gasteiger partial charge in [-0.3, -0.25) is 0 Å². The largest absolute Gasteiger partial charge is 0.375 e. The lowest BCUT2D eigenvalue weighted by Gasteiger charge is -2.37. The summed E-state index contributed by atoms with van der Waals surface area (Å²) in [4.78, 5) is 0. The number of ether oxygens (including phenoxy) is 1. The van der Waals surface area contributed by atoms with Crippen LogP contribution in [0.5, 0.6) is 0 Å². The Hall–Kier alpha value is -0.520. The Bertz CT molecular complexity index is 197. The molecule has 0 saturated carbocycles. The highest BCUT2D eigenvalue weighted by atomic mass is 16.5. The molecule has 1 aliphatic heterocycles. The molecular formula is C11H19NO. The minimum Gasteiger partial charge on any atom is -0.375 e. The number of terminal acetylenes is 1.